The lowest BCUT2D eigenvalue weighted by Crippen LogP contribution is -2.58. The van der Waals surface area contributed by atoms with Crippen molar-refractivity contribution in [3.05, 3.63) is 29.8 Å². The quantitative estimate of drug-likeness (QED) is 0.117. The first-order valence-corrected chi connectivity index (χ1v) is 12.4. The van der Waals surface area contributed by atoms with E-state index in [-0.39, 0.29) is 50.2 Å². The molecule has 0 aliphatic rings. The first kappa shape index (κ1) is 32.8. The van der Waals surface area contributed by atoms with Gasteiger partial charge in [0.15, 0.2) is 0 Å². The zero-order valence-electron chi connectivity index (χ0n) is 21.9. The summed E-state index contributed by atoms with van der Waals surface area (Å²) in [6.45, 7) is 3.60. The topological polar surface area (TPSA) is 251 Å². The molecule has 0 saturated heterocycles. The van der Waals surface area contributed by atoms with Gasteiger partial charge in [-0.2, -0.15) is 0 Å². The summed E-state index contributed by atoms with van der Waals surface area (Å²) in [5.74, 6) is -5.74. The number of carbonyl (C=O) groups is 6. The van der Waals surface area contributed by atoms with Crippen molar-refractivity contribution in [1.82, 2.24) is 16.0 Å². The van der Waals surface area contributed by atoms with Gasteiger partial charge < -0.3 is 42.7 Å². The molecular weight excluding hydrogens is 514 g/mol. The minimum absolute atomic E-state index is 0.0277. The summed E-state index contributed by atoms with van der Waals surface area (Å²) in [4.78, 5) is 72.4. The number of amides is 4. The summed E-state index contributed by atoms with van der Waals surface area (Å²) in [5.41, 5.74) is 11.4. The van der Waals surface area contributed by atoms with Gasteiger partial charge in [0.25, 0.3) is 0 Å². The molecule has 0 aliphatic carbocycles. The number of benzene rings is 1. The number of aliphatic carboxylic acids is 2. The van der Waals surface area contributed by atoms with Crippen LogP contribution in [-0.2, 0) is 35.2 Å². The number of carboxylic acids is 2. The number of hydrogen-bond acceptors (Lipinski definition) is 8. The Hall–Kier alpha value is -4.20. The van der Waals surface area contributed by atoms with Crippen molar-refractivity contribution < 1.29 is 44.1 Å². The highest BCUT2D eigenvalue weighted by Crippen LogP contribution is 2.13. The molecule has 10 N–H and O–H groups in total. The molecule has 4 atom stereocenters. The predicted molar refractivity (Wildman–Crippen MR) is 138 cm³/mol. The molecule has 0 fully saturated rings. The smallest absolute Gasteiger partial charge is 0.326 e. The first-order chi connectivity index (χ1) is 18.2. The van der Waals surface area contributed by atoms with Crippen molar-refractivity contribution in [3.8, 4) is 5.75 Å². The third-order valence-electron chi connectivity index (χ3n) is 5.65. The van der Waals surface area contributed by atoms with Crippen LogP contribution >= 0.6 is 0 Å². The van der Waals surface area contributed by atoms with E-state index in [0.29, 0.717) is 5.56 Å². The number of phenolic OH excluding ortho intramolecular Hbond substituents is 1. The van der Waals surface area contributed by atoms with Crippen LogP contribution in [0.5, 0.6) is 5.75 Å². The Morgan fingerprint density at radius 3 is 1.85 bits per heavy atom. The van der Waals surface area contributed by atoms with Crippen molar-refractivity contribution in [3.63, 3.8) is 0 Å². The molecular formula is C25H37N5O9. The van der Waals surface area contributed by atoms with Crippen LogP contribution in [0.25, 0.3) is 0 Å². The highest BCUT2D eigenvalue weighted by Gasteiger charge is 2.31. The molecule has 216 valence electrons. The van der Waals surface area contributed by atoms with Gasteiger partial charge >= 0.3 is 11.9 Å². The van der Waals surface area contributed by atoms with E-state index in [4.69, 9.17) is 16.6 Å². The second kappa shape index (κ2) is 15.9. The van der Waals surface area contributed by atoms with E-state index in [0.717, 1.165) is 0 Å². The Kier molecular flexibility index (Phi) is 13.4. The second-order valence-corrected chi connectivity index (χ2v) is 9.57. The van der Waals surface area contributed by atoms with Gasteiger partial charge in [-0.15, -0.1) is 0 Å². The molecule has 0 saturated carbocycles. The van der Waals surface area contributed by atoms with E-state index in [2.05, 4.69) is 16.0 Å². The lowest BCUT2D eigenvalue weighted by Gasteiger charge is -2.26. The van der Waals surface area contributed by atoms with Crippen LogP contribution in [0.4, 0.5) is 0 Å². The van der Waals surface area contributed by atoms with Crippen molar-refractivity contribution in [2.24, 2.45) is 17.4 Å². The van der Waals surface area contributed by atoms with E-state index in [1.165, 1.54) is 24.3 Å². The number of carbonyl (C=O) groups excluding carboxylic acids is 4. The van der Waals surface area contributed by atoms with E-state index in [1.54, 1.807) is 13.8 Å². The van der Waals surface area contributed by atoms with Crippen molar-refractivity contribution in [1.29, 1.82) is 0 Å². The molecule has 14 heteroatoms. The Morgan fingerprint density at radius 1 is 0.795 bits per heavy atom. The number of carboxylic acid groups (broad SMARTS) is 2. The van der Waals surface area contributed by atoms with Crippen LogP contribution in [0.3, 0.4) is 0 Å². The molecule has 0 radical (unpaired) electrons. The Balaban J connectivity index is 3.14. The number of hydrogen-bond donors (Lipinski definition) is 8. The number of primary amides is 1. The number of nitrogens with two attached hydrogens (primary N) is 2. The summed E-state index contributed by atoms with van der Waals surface area (Å²) in [5, 5.41) is 35.2. The fourth-order valence-electron chi connectivity index (χ4n) is 3.56. The van der Waals surface area contributed by atoms with Gasteiger partial charge in [0.1, 0.15) is 23.9 Å². The number of nitrogens with one attached hydrogen (secondary N) is 3. The third-order valence-corrected chi connectivity index (χ3v) is 5.65. The molecule has 0 spiro atoms. The van der Waals surface area contributed by atoms with Gasteiger partial charge in [0, 0.05) is 19.3 Å². The van der Waals surface area contributed by atoms with Crippen LogP contribution in [0.2, 0.25) is 0 Å². The number of aromatic hydroxyl groups is 1. The van der Waals surface area contributed by atoms with E-state index in [9.17, 15) is 39.0 Å². The molecule has 39 heavy (non-hydrogen) atoms. The molecule has 1 aromatic carbocycles. The zero-order valence-corrected chi connectivity index (χ0v) is 21.9. The normalized spacial score (nSPS) is 13.9. The van der Waals surface area contributed by atoms with E-state index in [1.807, 2.05) is 0 Å². The monoisotopic (exact) mass is 551 g/mol. The highest BCUT2D eigenvalue weighted by atomic mass is 16.4. The first-order valence-electron chi connectivity index (χ1n) is 12.4. The van der Waals surface area contributed by atoms with Crippen LogP contribution in [0, 0.1) is 5.92 Å². The maximum atomic E-state index is 13.2. The van der Waals surface area contributed by atoms with Gasteiger partial charge in [0.05, 0.1) is 6.04 Å². The molecule has 0 aromatic heterocycles. The van der Waals surface area contributed by atoms with Crippen molar-refractivity contribution in [2.75, 3.05) is 0 Å². The minimum atomic E-state index is -1.46. The van der Waals surface area contributed by atoms with Gasteiger partial charge in [-0.1, -0.05) is 26.0 Å². The molecule has 0 heterocycles. The van der Waals surface area contributed by atoms with Gasteiger partial charge in [0.2, 0.25) is 23.6 Å². The van der Waals surface area contributed by atoms with Crippen LogP contribution in [-0.4, -0.2) is 75.1 Å². The standard InChI is InChI=1S/C25H37N5O9/c1-13(2)11-18(29-22(35)16(26)7-10-21(33)34)23(36)30-19(12-14-3-5-15(31)6-4-14)24(37)28-17(25(38)39)8-9-20(27)32/h3-6,13,16-19,31H,7-12,26H2,1-2H3,(H2,27,32)(H,28,37)(H,29,35)(H,30,36)(H,33,34)(H,38,39). The zero-order chi connectivity index (χ0) is 29.7. The van der Waals surface area contributed by atoms with Gasteiger partial charge in [-0.3, -0.25) is 24.0 Å². The third kappa shape index (κ3) is 12.7. The SMILES string of the molecule is CC(C)CC(NC(=O)C(N)CCC(=O)O)C(=O)NC(Cc1ccc(O)cc1)C(=O)NC(CCC(N)=O)C(=O)O. The summed E-state index contributed by atoms with van der Waals surface area (Å²) >= 11 is 0. The molecule has 0 bridgehead atoms. The summed E-state index contributed by atoms with van der Waals surface area (Å²) in [7, 11) is 0. The molecule has 4 unspecified atom stereocenters. The fraction of sp³-hybridized carbons (Fsp3) is 0.520. The summed E-state index contributed by atoms with van der Waals surface area (Å²) in [6.07, 6.45) is -0.989. The Bertz CT molecular complexity index is 1030. The lowest BCUT2D eigenvalue weighted by molar-refractivity contribution is -0.142. The van der Waals surface area contributed by atoms with Crippen LogP contribution in [0.1, 0.15) is 51.5 Å². The highest BCUT2D eigenvalue weighted by molar-refractivity contribution is 5.94. The summed E-state index contributed by atoms with van der Waals surface area (Å²) < 4.78 is 0. The molecule has 1 aromatic rings. The Morgan fingerprint density at radius 2 is 1.33 bits per heavy atom. The molecule has 4 amide bonds. The summed E-state index contributed by atoms with van der Waals surface area (Å²) in [6, 6.07) is 0.706. The van der Waals surface area contributed by atoms with Crippen molar-refractivity contribution >= 4 is 35.6 Å². The lowest BCUT2D eigenvalue weighted by atomic mass is 10.00. The van der Waals surface area contributed by atoms with E-state index >= 15 is 0 Å². The fourth-order valence-corrected chi connectivity index (χ4v) is 3.56. The average Bonchev–Trinajstić information content (AvgIpc) is 2.84. The second-order valence-electron chi connectivity index (χ2n) is 9.57. The van der Waals surface area contributed by atoms with Crippen molar-refractivity contribution in [2.45, 2.75) is 76.5 Å². The van der Waals surface area contributed by atoms with Crippen LogP contribution < -0.4 is 27.4 Å². The minimum Gasteiger partial charge on any atom is -0.508 e. The number of rotatable bonds is 17. The van der Waals surface area contributed by atoms with Crippen LogP contribution in [0.15, 0.2) is 24.3 Å². The molecule has 1 rings (SSSR count). The number of phenols is 1. The van der Waals surface area contributed by atoms with Gasteiger partial charge in [-0.25, -0.2) is 4.79 Å². The maximum absolute atomic E-state index is 13.2. The largest absolute Gasteiger partial charge is 0.508 e. The van der Waals surface area contributed by atoms with Gasteiger partial charge in [-0.05, 0) is 42.9 Å². The van der Waals surface area contributed by atoms with E-state index < -0.39 is 59.7 Å². The maximum Gasteiger partial charge on any atom is 0.326 e. The predicted octanol–water partition coefficient (Wildman–Crippen LogP) is -1.02. The molecule has 14 nitrogen and oxygen atoms in total. The Labute approximate surface area is 225 Å². The molecule has 0 aliphatic heterocycles. The average molecular weight is 552 g/mol.